The van der Waals surface area contributed by atoms with Gasteiger partial charge < -0.3 is 10.2 Å². The molecule has 0 bridgehead atoms. The number of carbonyl (C=O) groups is 1. The van der Waals surface area contributed by atoms with Crippen molar-refractivity contribution >= 4 is 35.5 Å². The van der Waals surface area contributed by atoms with Crippen LogP contribution in [0.3, 0.4) is 0 Å². The standard InChI is InChI=1S/C14H12O3.Na.H/c15-13(16)14(17,11-7-3-1-4-8-11)12-9-5-2-6-10-12;;/h1-10,17H,(H,15,16);;. The average molecular weight is 252 g/mol. The zero-order valence-electron chi connectivity index (χ0n) is 9.08. The Labute approximate surface area is 127 Å². The van der Waals surface area contributed by atoms with Crippen molar-refractivity contribution in [1.82, 2.24) is 0 Å². The van der Waals surface area contributed by atoms with Gasteiger partial charge in [0.05, 0.1) is 0 Å². The Morgan fingerprint density at radius 1 is 0.833 bits per heavy atom. The summed E-state index contributed by atoms with van der Waals surface area (Å²) >= 11 is 0. The summed E-state index contributed by atoms with van der Waals surface area (Å²) < 4.78 is 0. The fourth-order valence-electron chi connectivity index (χ4n) is 1.77. The molecule has 0 amide bonds. The third-order valence-corrected chi connectivity index (χ3v) is 2.69. The molecule has 0 heterocycles. The van der Waals surface area contributed by atoms with Crippen LogP contribution >= 0.6 is 0 Å². The fraction of sp³-hybridized carbons (Fsp3) is 0.0714. The molecule has 88 valence electrons. The maximum absolute atomic E-state index is 11.4. The predicted molar refractivity (Wildman–Crippen MR) is 70.7 cm³/mol. The SMILES string of the molecule is O=C(O)C(O)(c1ccccc1)c1ccccc1.[NaH]. The molecule has 0 saturated carbocycles. The molecule has 2 rings (SSSR count). The van der Waals surface area contributed by atoms with Crippen LogP contribution in [0.5, 0.6) is 0 Å². The number of carboxylic acids is 1. The molecule has 2 aromatic carbocycles. The van der Waals surface area contributed by atoms with Crippen LogP contribution in [0.1, 0.15) is 11.1 Å². The summed E-state index contributed by atoms with van der Waals surface area (Å²) in [6.45, 7) is 0. The summed E-state index contributed by atoms with van der Waals surface area (Å²) in [5.74, 6) is -1.28. The van der Waals surface area contributed by atoms with E-state index in [1.165, 1.54) is 0 Å². The number of carboxylic acid groups (broad SMARTS) is 1. The molecule has 0 spiro atoms. The summed E-state index contributed by atoms with van der Waals surface area (Å²) in [5, 5.41) is 19.7. The molecule has 3 nitrogen and oxygen atoms in total. The second kappa shape index (κ2) is 6.16. The molecule has 2 aromatic rings. The second-order valence-corrected chi connectivity index (χ2v) is 3.75. The van der Waals surface area contributed by atoms with Crippen molar-refractivity contribution in [3.05, 3.63) is 71.8 Å². The molecule has 0 saturated heterocycles. The van der Waals surface area contributed by atoms with Crippen LogP contribution < -0.4 is 0 Å². The molecule has 0 radical (unpaired) electrons. The number of benzene rings is 2. The molecule has 2 N–H and O–H groups in total. The third-order valence-electron chi connectivity index (χ3n) is 2.69. The molecule has 18 heavy (non-hydrogen) atoms. The Hall–Kier alpha value is -1.13. The Kier molecular flexibility index (Phi) is 5.11. The fourth-order valence-corrected chi connectivity index (χ4v) is 1.77. The number of hydrogen-bond donors (Lipinski definition) is 2. The molecule has 0 aliphatic rings. The van der Waals surface area contributed by atoms with E-state index in [2.05, 4.69) is 0 Å². The van der Waals surface area contributed by atoms with Crippen molar-refractivity contribution in [2.24, 2.45) is 0 Å². The quantitative estimate of drug-likeness (QED) is 0.811. The van der Waals surface area contributed by atoms with Crippen molar-refractivity contribution in [3.63, 3.8) is 0 Å². The molecule has 0 aliphatic carbocycles. The number of aliphatic carboxylic acids is 1. The predicted octanol–water partition coefficient (Wildman–Crippen LogP) is 1.36. The molecule has 0 fully saturated rings. The van der Waals surface area contributed by atoms with Crippen LogP contribution in [0.15, 0.2) is 60.7 Å². The van der Waals surface area contributed by atoms with Crippen molar-refractivity contribution < 1.29 is 15.0 Å². The maximum atomic E-state index is 11.4. The Morgan fingerprint density at radius 3 is 1.44 bits per heavy atom. The Morgan fingerprint density at radius 2 is 1.17 bits per heavy atom. The Bertz CT molecular complexity index is 472. The monoisotopic (exact) mass is 252 g/mol. The Balaban J connectivity index is 0.00000162. The summed E-state index contributed by atoms with van der Waals surface area (Å²) in [6.07, 6.45) is 0. The van der Waals surface area contributed by atoms with E-state index in [1.54, 1.807) is 60.7 Å². The number of rotatable bonds is 3. The van der Waals surface area contributed by atoms with Gasteiger partial charge in [-0.25, -0.2) is 4.79 Å². The van der Waals surface area contributed by atoms with Gasteiger partial charge in [0.25, 0.3) is 0 Å². The van der Waals surface area contributed by atoms with Gasteiger partial charge >= 0.3 is 35.5 Å². The van der Waals surface area contributed by atoms with Gasteiger partial charge in [0, 0.05) is 0 Å². The van der Waals surface area contributed by atoms with Crippen LogP contribution in [0.4, 0.5) is 0 Å². The summed E-state index contributed by atoms with van der Waals surface area (Å²) in [7, 11) is 0. The minimum absolute atomic E-state index is 0. The first kappa shape index (κ1) is 14.9. The van der Waals surface area contributed by atoms with Gasteiger partial charge in [-0.2, -0.15) is 0 Å². The van der Waals surface area contributed by atoms with E-state index >= 15 is 0 Å². The summed E-state index contributed by atoms with van der Waals surface area (Å²) in [4.78, 5) is 11.4. The first-order chi connectivity index (χ1) is 8.15. The second-order valence-electron chi connectivity index (χ2n) is 3.75. The van der Waals surface area contributed by atoms with E-state index < -0.39 is 11.6 Å². The van der Waals surface area contributed by atoms with E-state index in [4.69, 9.17) is 0 Å². The van der Waals surface area contributed by atoms with Crippen LogP contribution in [0.25, 0.3) is 0 Å². The van der Waals surface area contributed by atoms with Crippen LogP contribution in [-0.2, 0) is 10.4 Å². The zero-order chi connectivity index (χ0) is 12.3. The van der Waals surface area contributed by atoms with Gasteiger partial charge in [0.1, 0.15) is 0 Å². The summed E-state index contributed by atoms with van der Waals surface area (Å²) in [5.41, 5.74) is -1.31. The van der Waals surface area contributed by atoms with Gasteiger partial charge in [-0.1, -0.05) is 60.7 Å². The molecule has 0 aromatic heterocycles. The van der Waals surface area contributed by atoms with Gasteiger partial charge in [-0.3, -0.25) is 0 Å². The molecule has 0 atom stereocenters. The molecule has 0 unspecified atom stereocenters. The van der Waals surface area contributed by atoms with Crippen LogP contribution in [0, 0.1) is 0 Å². The van der Waals surface area contributed by atoms with Gasteiger partial charge in [-0.05, 0) is 11.1 Å². The van der Waals surface area contributed by atoms with Crippen LogP contribution in [-0.4, -0.2) is 45.7 Å². The normalized spacial score (nSPS) is 10.5. The van der Waals surface area contributed by atoms with Crippen molar-refractivity contribution in [1.29, 1.82) is 0 Å². The average Bonchev–Trinajstić information content (AvgIpc) is 2.39. The van der Waals surface area contributed by atoms with Crippen molar-refractivity contribution in [2.75, 3.05) is 0 Å². The number of aliphatic hydroxyl groups is 1. The van der Waals surface area contributed by atoms with Gasteiger partial charge in [0.15, 0.2) is 0 Å². The van der Waals surface area contributed by atoms with E-state index in [9.17, 15) is 15.0 Å². The van der Waals surface area contributed by atoms with E-state index in [-0.39, 0.29) is 29.6 Å². The molecular weight excluding hydrogens is 239 g/mol. The van der Waals surface area contributed by atoms with Crippen molar-refractivity contribution in [2.45, 2.75) is 5.60 Å². The van der Waals surface area contributed by atoms with E-state index in [0.29, 0.717) is 11.1 Å². The van der Waals surface area contributed by atoms with E-state index in [1.807, 2.05) is 0 Å². The molecular formula is C14H13NaO3. The van der Waals surface area contributed by atoms with Crippen molar-refractivity contribution in [3.8, 4) is 0 Å². The molecule has 4 heteroatoms. The van der Waals surface area contributed by atoms with Gasteiger partial charge in [0.2, 0.25) is 5.60 Å². The summed E-state index contributed by atoms with van der Waals surface area (Å²) in [6, 6.07) is 16.7. The first-order valence-corrected chi connectivity index (χ1v) is 5.22. The first-order valence-electron chi connectivity index (χ1n) is 5.22. The minimum atomic E-state index is -2.00. The van der Waals surface area contributed by atoms with E-state index in [0.717, 1.165) is 0 Å². The number of hydrogen-bond acceptors (Lipinski definition) is 2. The third kappa shape index (κ3) is 2.65. The van der Waals surface area contributed by atoms with Gasteiger partial charge in [-0.15, -0.1) is 0 Å². The molecule has 0 aliphatic heterocycles. The van der Waals surface area contributed by atoms with Crippen LogP contribution in [0.2, 0.25) is 0 Å². The topological polar surface area (TPSA) is 57.5 Å². The zero-order valence-corrected chi connectivity index (χ0v) is 9.08.